The van der Waals surface area contributed by atoms with Crippen molar-refractivity contribution in [1.82, 2.24) is 0 Å². The van der Waals surface area contributed by atoms with Crippen molar-refractivity contribution in [3.05, 3.63) is 24.0 Å². The highest BCUT2D eigenvalue weighted by Gasteiger charge is 2.22. The standard InChI is InChI=1S/C10H14O3.C2H6.C2H2/c1-3-4-5-8-6-7-9(12-2)10(11)13-8;2*1-2/h3-4,7-8H,5-6H2,1-2H3;1-2H3;1-2H/b4-3+;;. The van der Waals surface area contributed by atoms with Gasteiger partial charge in [0, 0.05) is 12.8 Å². The van der Waals surface area contributed by atoms with Gasteiger partial charge in [-0.1, -0.05) is 26.0 Å². The number of esters is 1. The Labute approximate surface area is 104 Å². The van der Waals surface area contributed by atoms with Crippen LogP contribution >= 0.6 is 0 Å². The van der Waals surface area contributed by atoms with Gasteiger partial charge < -0.3 is 9.47 Å². The topological polar surface area (TPSA) is 35.5 Å². The van der Waals surface area contributed by atoms with Crippen LogP contribution in [-0.4, -0.2) is 19.2 Å². The highest BCUT2D eigenvalue weighted by Crippen LogP contribution is 2.16. The molecule has 96 valence electrons. The van der Waals surface area contributed by atoms with Gasteiger partial charge in [0.05, 0.1) is 7.11 Å². The van der Waals surface area contributed by atoms with Gasteiger partial charge >= 0.3 is 5.97 Å². The third-order valence-corrected chi connectivity index (χ3v) is 1.90. The molecule has 0 aromatic rings. The number of ether oxygens (including phenoxy) is 2. The SMILES string of the molecule is C#C.C/C=C/CC1CC=C(OC)C(=O)O1.CC. The van der Waals surface area contributed by atoms with E-state index in [-0.39, 0.29) is 12.1 Å². The maximum Gasteiger partial charge on any atom is 0.373 e. The smallest absolute Gasteiger partial charge is 0.373 e. The lowest BCUT2D eigenvalue weighted by molar-refractivity contribution is -0.149. The van der Waals surface area contributed by atoms with Gasteiger partial charge in [-0.25, -0.2) is 4.79 Å². The van der Waals surface area contributed by atoms with E-state index in [1.165, 1.54) is 7.11 Å². The minimum atomic E-state index is -0.358. The van der Waals surface area contributed by atoms with E-state index in [1.807, 2.05) is 32.9 Å². The first-order valence-electron chi connectivity index (χ1n) is 5.67. The second-order valence-electron chi connectivity index (χ2n) is 2.84. The molecule has 1 aliphatic rings. The van der Waals surface area contributed by atoms with Crippen molar-refractivity contribution in [2.24, 2.45) is 0 Å². The molecule has 0 spiro atoms. The van der Waals surface area contributed by atoms with Crippen molar-refractivity contribution in [3.63, 3.8) is 0 Å². The van der Waals surface area contributed by atoms with Crippen molar-refractivity contribution in [3.8, 4) is 12.8 Å². The molecule has 1 aliphatic heterocycles. The molecular weight excluding hydrogens is 216 g/mol. The zero-order valence-corrected chi connectivity index (χ0v) is 11.1. The van der Waals surface area contributed by atoms with Crippen LogP contribution in [0.25, 0.3) is 0 Å². The highest BCUT2D eigenvalue weighted by molar-refractivity contribution is 5.87. The Morgan fingerprint density at radius 3 is 2.53 bits per heavy atom. The van der Waals surface area contributed by atoms with Gasteiger partial charge in [0.25, 0.3) is 0 Å². The van der Waals surface area contributed by atoms with Gasteiger partial charge in [-0.05, 0) is 13.0 Å². The minimum Gasteiger partial charge on any atom is -0.490 e. The summed E-state index contributed by atoms with van der Waals surface area (Å²) in [6.45, 7) is 5.95. The van der Waals surface area contributed by atoms with Crippen molar-refractivity contribution < 1.29 is 14.3 Å². The fraction of sp³-hybridized carbons (Fsp3) is 0.500. The molecule has 0 amide bonds. The highest BCUT2D eigenvalue weighted by atomic mass is 16.6. The Morgan fingerprint density at radius 1 is 1.53 bits per heavy atom. The number of methoxy groups -OCH3 is 1. The fourth-order valence-corrected chi connectivity index (χ4v) is 1.18. The van der Waals surface area contributed by atoms with E-state index < -0.39 is 0 Å². The Kier molecular flexibility index (Phi) is 12.9. The lowest BCUT2D eigenvalue weighted by Crippen LogP contribution is -2.23. The molecule has 17 heavy (non-hydrogen) atoms. The predicted molar refractivity (Wildman–Crippen MR) is 70.3 cm³/mol. The summed E-state index contributed by atoms with van der Waals surface area (Å²) in [5, 5.41) is 0. The van der Waals surface area contributed by atoms with E-state index in [2.05, 4.69) is 12.8 Å². The van der Waals surface area contributed by atoms with Crippen LogP contribution in [0.15, 0.2) is 24.0 Å². The Hall–Kier alpha value is -1.69. The number of hydrogen-bond acceptors (Lipinski definition) is 3. The molecule has 0 N–H and O–H groups in total. The van der Waals surface area contributed by atoms with Gasteiger partial charge in [0.2, 0.25) is 0 Å². The van der Waals surface area contributed by atoms with Crippen LogP contribution in [0.4, 0.5) is 0 Å². The molecule has 0 aliphatic carbocycles. The summed E-state index contributed by atoms with van der Waals surface area (Å²) in [5.41, 5.74) is 0. The number of hydrogen-bond donors (Lipinski definition) is 0. The average Bonchev–Trinajstić information content (AvgIpc) is 2.41. The summed E-state index contributed by atoms with van der Waals surface area (Å²) >= 11 is 0. The molecule has 3 heteroatoms. The Bertz CT molecular complexity index is 274. The number of cyclic esters (lactones) is 1. The predicted octanol–water partition coefficient (Wildman–Crippen LogP) is 3.07. The minimum absolute atomic E-state index is 0.0254. The van der Waals surface area contributed by atoms with Gasteiger partial charge in [-0.15, -0.1) is 12.8 Å². The summed E-state index contributed by atoms with van der Waals surface area (Å²) < 4.78 is 9.93. The maximum absolute atomic E-state index is 11.2. The number of allylic oxidation sites excluding steroid dienone is 1. The quantitative estimate of drug-likeness (QED) is 0.430. The van der Waals surface area contributed by atoms with Crippen LogP contribution in [0.5, 0.6) is 0 Å². The first kappa shape index (κ1) is 17.7. The summed E-state index contributed by atoms with van der Waals surface area (Å²) in [7, 11) is 1.47. The van der Waals surface area contributed by atoms with E-state index in [4.69, 9.17) is 9.47 Å². The molecule has 1 rings (SSSR count). The fourth-order valence-electron chi connectivity index (χ4n) is 1.18. The largest absolute Gasteiger partial charge is 0.490 e. The average molecular weight is 238 g/mol. The van der Waals surface area contributed by atoms with Crippen LogP contribution in [0.1, 0.15) is 33.6 Å². The van der Waals surface area contributed by atoms with Crippen LogP contribution in [0, 0.1) is 12.8 Å². The molecule has 0 saturated carbocycles. The first-order valence-corrected chi connectivity index (χ1v) is 5.67. The Balaban J connectivity index is 0. The molecule has 0 bridgehead atoms. The number of carbonyl (C=O) groups excluding carboxylic acids is 1. The van der Waals surface area contributed by atoms with Crippen LogP contribution < -0.4 is 0 Å². The normalized spacial score (nSPS) is 17.9. The molecule has 0 fully saturated rings. The lowest BCUT2D eigenvalue weighted by Gasteiger charge is -2.20. The number of carbonyl (C=O) groups is 1. The Morgan fingerprint density at radius 2 is 2.12 bits per heavy atom. The summed E-state index contributed by atoms with van der Waals surface area (Å²) in [5.74, 6) is -0.0417. The third kappa shape index (κ3) is 7.24. The first-order chi connectivity index (χ1) is 8.27. The van der Waals surface area contributed by atoms with Gasteiger partial charge in [-0.2, -0.15) is 0 Å². The lowest BCUT2D eigenvalue weighted by atomic mass is 10.1. The molecule has 1 heterocycles. The number of rotatable bonds is 3. The van der Waals surface area contributed by atoms with E-state index in [1.54, 1.807) is 6.08 Å². The molecule has 3 nitrogen and oxygen atoms in total. The van der Waals surface area contributed by atoms with Crippen molar-refractivity contribution in [2.75, 3.05) is 7.11 Å². The second-order valence-corrected chi connectivity index (χ2v) is 2.84. The molecule has 1 unspecified atom stereocenters. The molecule has 0 radical (unpaired) electrons. The molecule has 0 saturated heterocycles. The van der Waals surface area contributed by atoms with Gasteiger partial charge in [0.15, 0.2) is 5.76 Å². The monoisotopic (exact) mass is 238 g/mol. The van der Waals surface area contributed by atoms with Gasteiger partial charge in [0.1, 0.15) is 6.10 Å². The van der Waals surface area contributed by atoms with Crippen molar-refractivity contribution in [2.45, 2.75) is 39.7 Å². The number of terminal acetylenes is 1. The molecular formula is C14H22O3. The molecule has 0 aromatic heterocycles. The van der Waals surface area contributed by atoms with Gasteiger partial charge in [-0.3, -0.25) is 0 Å². The van der Waals surface area contributed by atoms with Crippen LogP contribution in [0.2, 0.25) is 0 Å². The summed E-state index contributed by atoms with van der Waals surface area (Å²) in [6.07, 6.45) is 15.2. The maximum atomic E-state index is 11.2. The second kappa shape index (κ2) is 12.4. The third-order valence-electron chi connectivity index (χ3n) is 1.90. The zero-order valence-electron chi connectivity index (χ0n) is 11.1. The van der Waals surface area contributed by atoms with Crippen LogP contribution in [-0.2, 0) is 14.3 Å². The summed E-state index contributed by atoms with van der Waals surface area (Å²) in [4.78, 5) is 11.2. The van der Waals surface area contributed by atoms with Crippen LogP contribution in [0.3, 0.4) is 0 Å². The zero-order chi connectivity index (χ0) is 13.7. The van der Waals surface area contributed by atoms with Crippen molar-refractivity contribution >= 4 is 5.97 Å². The molecule has 0 aromatic carbocycles. The van der Waals surface area contributed by atoms with E-state index in [9.17, 15) is 4.79 Å². The van der Waals surface area contributed by atoms with E-state index >= 15 is 0 Å². The van der Waals surface area contributed by atoms with Crippen molar-refractivity contribution in [1.29, 1.82) is 0 Å². The summed E-state index contributed by atoms with van der Waals surface area (Å²) in [6, 6.07) is 0. The molecule has 1 atom stereocenters. The van der Waals surface area contributed by atoms with E-state index in [0.717, 1.165) is 12.8 Å². The van der Waals surface area contributed by atoms with E-state index in [0.29, 0.717) is 5.76 Å².